The van der Waals surface area contributed by atoms with E-state index < -0.39 is 0 Å². The summed E-state index contributed by atoms with van der Waals surface area (Å²) in [4.78, 5) is 16.9. The van der Waals surface area contributed by atoms with Gasteiger partial charge in [0.05, 0.1) is 24.0 Å². The molecule has 1 amide bonds. The fourth-order valence-electron chi connectivity index (χ4n) is 2.79. The number of pyridine rings is 1. The third-order valence-electron chi connectivity index (χ3n) is 4.47. The van der Waals surface area contributed by atoms with E-state index in [-0.39, 0.29) is 5.91 Å². The summed E-state index contributed by atoms with van der Waals surface area (Å²) in [6.07, 6.45) is 3.23. The van der Waals surface area contributed by atoms with Crippen LogP contribution in [0.3, 0.4) is 0 Å². The molecule has 0 fully saturated rings. The second kappa shape index (κ2) is 8.76. The second-order valence-corrected chi connectivity index (χ2v) is 6.91. The SMILES string of the molecule is COc1cc(Cl)c(C)cc1NC(=O)c1cncc(NCc2ccccc2C)c1. The topological polar surface area (TPSA) is 63.2 Å². The maximum Gasteiger partial charge on any atom is 0.257 e. The lowest BCUT2D eigenvalue weighted by atomic mass is 10.1. The van der Waals surface area contributed by atoms with Crippen LogP contribution < -0.4 is 15.4 Å². The van der Waals surface area contributed by atoms with E-state index in [1.807, 2.05) is 19.1 Å². The van der Waals surface area contributed by atoms with Crippen molar-refractivity contribution < 1.29 is 9.53 Å². The molecule has 144 valence electrons. The zero-order chi connectivity index (χ0) is 20.1. The number of amides is 1. The van der Waals surface area contributed by atoms with Crippen LogP contribution in [0.2, 0.25) is 5.02 Å². The van der Waals surface area contributed by atoms with E-state index in [9.17, 15) is 4.79 Å². The van der Waals surface area contributed by atoms with Gasteiger partial charge in [-0.2, -0.15) is 0 Å². The van der Waals surface area contributed by atoms with Crippen LogP contribution in [-0.2, 0) is 6.54 Å². The molecule has 3 rings (SSSR count). The molecule has 0 bridgehead atoms. The lowest BCUT2D eigenvalue weighted by molar-refractivity contribution is 0.102. The first kappa shape index (κ1) is 19.7. The molecule has 0 aliphatic heterocycles. The van der Waals surface area contributed by atoms with Crippen molar-refractivity contribution in [3.05, 3.63) is 82.1 Å². The third-order valence-corrected chi connectivity index (χ3v) is 4.88. The van der Waals surface area contributed by atoms with Crippen LogP contribution in [0.4, 0.5) is 11.4 Å². The molecule has 0 spiro atoms. The average Bonchev–Trinajstić information content (AvgIpc) is 2.70. The van der Waals surface area contributed by atoms with Gasteiger partial charge in [-0.1, -0.05) is 35.9 Å². The molecule has 28 heavy (non-hydrogen) atoms. The second-order valence-electron chi connectivity index (χ2n) is 6.50. The number of hydrogen-bond donors (Lipinski definition) is 2. The van der Waals surface area contributed by atoms with Crippen LogP contribution in [0.15, 0.2) is 54.9 Å². The Hall–Kier alpha value is -3.05. The van der Waals surface area contributed by atoms with E-state index in [2.05, 4.69) is 34.7 Å². The number of aromatic nitrogens is 1. The van der Waals surface area contributed by atoms with Crippen molar-refractivity contribution in [3.8, 4) is 5.75 Å². The molecule has 1 heterocycles. The normalized spacial score (nSPS) is 10.4. The van der Waals surface area contributed by atoms with Gasteiger partial charge in [0.15, 0.2) is 0 Å². The number of hydrogen-bond acceptors (Lipinski definition) is 4. The van der Waals surface area contributed by atoms with Gasteiger partial charge in [-0.25, -0.2) is 0 Å². The van der Waals surface area contributed by atoms with Gasteiger partial charge in [-0.3, -0.25) is 9.78 Å². The van der Waals surface area contributed by atoms with Gasteiger partial charge in [-0.15, -0.1) is 0 Å². The first-order valence-corrected chi connectivity index (χ1v) is 9.24. The number of carbonyl (C=O) groups excluding carboxylic acids is 1. The number of benzene rings is 2. The monoisotopic (exact) mass is 395 g/mol. The fraction of sp³-hybridized carbons (Fsp3) is 0.182. The smallest absolute Gasteiger partial charge is 0.257 e. The summed E-state index contributed by atoms with van der Waals surface area (Å²) < 4.78 is 5.31. The van der Waals surface area contributed by atoms with Crippen molar-refractivity contribution in [3.63, 3.8) is 0 Å². The maximum atomic E-state index is 12.7. The molecule has 1 aromatic heterocycles. The number of halogens is 1. The number of anilines is 2. The molecule has 0 aliphatic rings. The predicted molar refractivity (Wildman–Crippen MR) is 113 cm³/mol. The van der Waals surface area contributed by atoms with E-state index in [1.54, 1.807) is 24.4 Å². The molecule has 5 nitrogen and oxygen atoms in total. The Morgan fingerprint density at radius 3 is 2.64 bits per heavy atom. The zero-order valence-corrected chi connectivity index (χ0v) is 16.8. The summed E-state index contributed by atoms with van der Waals surface area (Å²) in [6, 6.07) is 13.4. The minimum atomic E-state index is -0.271. The molecule has 0 saturated heterocycles. The van der Waals surface area contributed by atoms with Crippen molar-refractivity contribution in [2.45, 2.75) is 20.4 Å². The summed E-state index contributed by atoms with van der Waals surface area (Å²) in [5.41, 5.74) is 5.04. The Labute approximate surface area is 169 Å². The summed E-state index contributed by atoms with van der Waals surface area (Å²) in [6.45, 7) is 4.60. The van der Waals surface area contributed by atoms with Crippen LogP contribution in [0.1, 0.15) is 27.0 Å². The van der Waals surface area contributed by atoms with Crippen LogP contribution >= 0.6 is 11.6 Å². The van der Waals surface area contributed by atoms with E-state index >= 15 is 0 Å². The lowest BCUT2D eigenvalue weighted by Gasteiger charge is -2.13. The zero-order valence-electron chi connectivity index (χ0n) is 16.0. The molecule has 6 heteroatoms. The van der Waals surface area contributed by atoms with Crippen LogP contribution in [0, 0.1) is 13.8 Å². The van der Waals surface area contributed by atoms with Crippen molar-refractivity contribution >= 4 is 28.9 Å². The highest BCUT2D eigenvalue weighted by molar-refractivity contribution is 6.31. The summed E-state index contributed by atoms with van der Waals surface area (Å²) >= 11 is 6.12. The standard InChI is InChI=1S/C22H22ClN3O2/c1-14-6-4-5-7-16(14)12-25-18-9-17(11-24-13-18)22(27)26-20-8-15(2)19(23)10-21(20)28-3/h4-11,13,25H,12H2,1-3H3,(H,26,27). The molecular weight excluding hydrogens is 374 g/mol. The van der Waals surface area contributed by atoms with Gasteiger partial charge in [0, 0.05) is 30.0 Å². The van der Waals surface area contributed by atoms with Gasteiger partial charge >= 0.3 is 0 Å². The van der Waals surface area contributed by atoms with Crippen molar-refractivity contribution in [1.82, 2.24) is 4.98 Å². The number of carbonyl (C=O) groups is 1. The summed E-state index contributed by atoms with van der Waals surface area (Å²) in [7, 11) is 1.54. The number of methoxy groups -OCH3 is 1. The lowest BCUT2D eigenvalue weighted by Crippen LogP contribution is -2.14. The van der Waals surface area contributed by atoms with Crippen LogP contribution in [0.25, 0.3) is 0 Å². The van der Waals surface area contributed by atoms with Crippen molar-refractivity contribution in [1.29, 1.82) is 0 Å². The number of nitrogens with zero attached hydrogens (tertiary/aromatic N) is 1. The largest absolute Gasteiger partial charge is 0.495 e. The molecule has 2 aromatic carbocycles. The predicted octanol–water partition coefficient (Wildman–Crippen LogP) is 5.22. The molecule has 0 radical (unpaired) electrons. The van der Waals surface area contributed by atoms with Gasteiger partial charge in [0.2, 0.25) is 0 Å². The van der Waals surface area contributed by atoms with E-state index in [4.69, 9.17) is 16.3 Å². The maximum absolute atomic E-state index is 12.7. The Morgan fingerprint density at radius 2 is 1.89 bits per heavy atom. The number of ether oxygens (including phenoxy) is 1. The fourth-order valence-corrected chi connectivity index (χ4v) is 2.94. The highest BCUT2D eigenvalue weighted by atomic mass is 35.5. The van der Waals surface area contributed by atoms with E-state index in [0.717, 1.165) is 11.3 Å². The summed E-state index contributed by atoms with van der Waals surface area (Å²) in [5.74, 6) is 0.234. The number of aryl methyl sites for hydroxylation is 2. The molecule has 0 saturated carbocycles. The molecular formula is C22H22ClN3O2. The highest BCUT2D eigenvalue weighted by Crippen LogP contribution is 2.31. The van der Waals surface area contributed by atoms with Crippen molar-refractivity contribution in [2.24, 2.45) is 0 Å². The Kier molecular flexibility index (Phi) is 6.16. The summed E-state index contributed by atoms with van der Waals surface area (Å²) in [5, 5.41) is 6.76. The van der Waals surface area contributed by atoms with Gasteiger partial charge in [-0.05, 0) is 42.7 Å². The first-order valence-electron chi connectivity index (χ1n) is 8.87. The number of rotatable bonds is 6. The van der Waals surface area contributed by atoms with E-state index in [1.165, 1.54) is 24.4 Å². The average molecular weight is 396 g/mol. The Morgan fingerprint density at radius 1 is 1.11 bits per heavy atom. The van der Waals surface area contributed by atoms with Gasteiger partial charge < -0.3 is 15.4 Å². The van der Waals surface area contributed by atoms with Gasteiger partial charge in [0.1, 0.15) is 5.75 Å². The van der Waals surface area contributed by atoms with Crippen LogP contribution in [0.5, 0.6) is 5.75 Å². The first-order chi connectivity index (χ1) is 13.5. The Bertz CT molecular complexity index is 1000. The molecule has 0 aliphatic carbocycles. The minimum absolute atomic E-state index is 0.271. The van der Waals surface area contributed by atoms with E-state index in [0.29, 0.717) is 28.6 Å². The minimum Gasteiger partial charge on any atom is -0.495 e. The van der Waals surface area contributed by atoms with Crippen molar-refractivity contribution in [2.75, 3.05) is 17.7 Å². The molecule has 0 unspecified atom stereocenters. The van der Waals surface area contributed by atoms with Gasteiger partial charge in [0.25, 0.3) is 5.91 Å². The Balaban J connectivity index is 1.74. The molecule has 0 atom stereocenters. The molecule has 3 aromatic rings. The highest BCUT2D eigenvalue weighted by Gasteiger charge is 2.13. The molecule has 2 N–H and O–H groups in total. The third kappa shape index (κ3) is 4.61. The number of nitrogens with one attached hydrogen (secondary N) is 2. The van der Waals surface area contributed by atoms with Crippen LogP contribution in [-0.4, -0.2) is 18.0 Å². The quantitative estimate of drug-likeness (QED) is 0.600.